The molecule has 2 saturated heterocycles. The fourth-order valence-electron chi connectivity index (χ4n) is 2.72. The molecule has 5 nitrogen and oxygen atoms in total. The summed E-state index contributed by atoms with van der Waals surface area (Å²) < 4.78 is 24.8. The summed E-state index contributed by atoms with van der Waals surface area (Å²) in [5, 5.41) is 3.15. The smallest absolute Gasteiger partial charge is 0.242 e. The molecule has 2 aliphatic rings. The maximum absolute atomic E-state index is 13.8. The van der Waals surface area contributed by atoms with Crippen LogP contribution in [0, 0.1) is 5.82 Å². The molecule has 22 heavy (non-hydrogen) atoms. The fraction of sp³-hybridized carbons (Fsp3) is 0.533. The van der Waals surface area contributed by atoms with Crippen LogP contribution in [-0.2, 0) is 14.3 Å². The Morgan fingerprint density at radius 2 is 2.14 bits per heavy atom. The number of ether oxygens (including phenoxy) is 2. The van der Waals surface area contributed by atoms with Crippen molar-refractivity contribution in [2.75, 3.05) is 39.5 Å². The van der Waals surface area contributed by atoms with Crippen molar-refractivity contribution in [1.82, 2.24) is 10.2 Å². The van der Waals surface area contributed by atoms with Crippen LogP contribution < -0.4 is 5.32 Å². The minimum Gasteiger partial charge on any atom is -0.378 e. The van der Waals surface area contributed by atoms with E-state index in [4.69, 9.17) is 9.47 Å². The predicted molar refractivity (Wildman–Crippen MR) is 81.5 cm³/mol. The lowest BCUT2D eigenvalue weighted by atomic mass is 10.1. The van der Waals surface area contributed by atoms with Gasteiger partial charge in [0, 0.05) is 18.7 Å². The number of nitrogens with one attached hydrogen (secondary N) is 1. The largest absolute Gasteiger partial charge is 0.378 e. The highest BCUT2D eigenvalue weighted by Gasteiger charge is 2.31. The zero-order chi connectivity index (χ0) is 14.7. The molecular formula is C15H20ClFN2O3. The van der Waals surface area contributed by atoms with E-state index in [9.17, 15) is 9.18 Å². The molecule has 2 aliphatic heterocycles. The first-order valence-corrected chi connectivity index (χ1v) is 7.21. The van der Waals surface area contributed by atoms with Gasteiger partial charge in [-0.25, -0.2) is 4.39 Å². The lowest BCUT2D eigenvalue weighted by molar-refractivity contribution is -0.144. The van der Waals surface area contributed by atoms with E-state index in [0.29, 0.717) is 45.0 Å². The number of carbonyl (C=O) groups excluding carboxylic acids is 1. The van der Waals surface area contributed by atoms with Crippen LogP contribution >= 0.6 is 12.4 Å². The van der Waals surface area contributed by atoms with Crippen molar-refractivity contribution in [2.45, 2.75) is 12.1 Å². The van der Waals surface area contributed by atoms with Crippen molar-refractivity contribution in [3.05, 3.63) is 35.6 Å². The summed E-state index contributed by atoms with van der Waals surface area (Å²) in [5.74, 6) is -0.296. The highest BCUT2D eigenvalue weighted by molar-refractivity contribution is 5.85. The number of halogens is 2. The van der Waals surface area contributed by atoms with Gasteiger partial charge in [0.15, 0.2) is 0 Å². The van der Waals surface area contributed by atoms with Gasteiger partial charge < -0.3 is 19.7 Å². The molecule has 2 atom stereocenters. The number of amides is 1. The summed E-state index contributed by atoms with van der Waals surface area (Å²) in [6.07, 6.45) is -0.409. The van der Waals surface area contributed by atoms with Crippen molar-refractivity contribution in [1.29, 1.82) is 0 Å². The highest BCUT2D eigenvalue weighted by atomic mass is 35.5. The van der Waals surface area contributed by atoms with E-state index < -0.39 is 6.10 Å². The Hall–Kier alpha value is -1.21. The molecule has 7 heteroatoms. The molecule has 122 valence electrons. The van der Waals surface area contributed by atoms with Gasteiger partial charge in [-0.2, -0.15) is 0 Å². The third-order valence-corrected chi connectivity index (χ3v) is 3.85. The minimum absolute atomic E-state index is 0. The molecule has 0 spiro atoms. The van der Waals surface area contributed by atoms with Crippen LogP contribution in [-0.4, -0.2) is 56.3 Å². The monoisotopic (exact) mass is 330 g/mol. The van der Waals surface area contributed by atoms with Crippen LogP contribution in [0.25, 0.3) is 0 Å². The molecule has 0 aromatic heterocycles. The molecule has 1 N–H and O–H groups in total. The van der Waals surface area contributed by atoms with E-state index in [-0.39, 0.29) is 30.2 Å². The third kappa shape index (κ3) is 3.76. The Kier molecular flexibility index (Phi) is 6.14. The van der Waals surface area contributed by atoms with Gasteiger partial charge in [-0.1, -0.05) is 18.2 Å². The molecule has 2 fully saturated rings. The summed E-state index contributed by atoms with van der Waals surface area (Å²) in [6, 6.07) is 6.23. The standard InChI is InChI=1S/C15H19FN2O3.ClH/c16-12-4-2-1-3-11(12)14-9-18(6-8-21-14)15(19)13-10-20-7-5-17-13;/h1-4,13-14,17H,5-10H2;1H. The van der Waals surface area contributed by atoms with Crippen molar-refractivity contribution < 1.29 is 18.7 Å². The summed E-state index contributed by atoms with van der Waals surface area (Å²) in [6.45, 7) is 3.01. The quantitative estimate of drug-likeness (QED) is 0.883. The Morgan fingerprint density at radius 1 is 1.32 bits per heavy atom. The van der Waals surface area contributed by atoms with Crippen LogP contribution in [0.15, 0.2) is 24.3 Å². The second-order valence-electron chi connectivity index (χ2n) is 5.25. The maximum Gasteiger partial charge on any atom is 0.242 e. The highest BCUT2D eigenvalue weighted by Crippen LogP contribution is 2.24. The number of rotatable bonds is 2. The number of hydrogen-bond acceptors (Lipinski definition) is 4. The Morgan fingerprint density at radius 3 is 2.86 bits per heavy atom. The first kappa shape index (κ1) is 17.1. The maximum atomic E-state index is 13.8. The number of hydrogen-bond donors (Lipinski definition) is 1. The Bertz CT molecular complexity index is 511. The van der Waals surface area contributed by atoms with Gasteiger partial charge in [-0.15, -0.1) is 12.4 Å². The second kappa shape index (κ2) is 7.87. The van der Waals surface area contributed by atoms with Crippen LogP contribution in [0.1, 0.15) is 11.7 Å². The predicted octanol–water partition coefficient (Wildman–Crippen LogP) is 1.14. The SMILES string of the molecule is Cl.O=C(C1COCCN1)N1CCOC(c2ccccc2F)C1. The molecule has 3 rings (SSSR count). The van der Waals surface area contributed by atoms with Gasteiger partial charge >= 0.3 is 0 Å². The molecular weight excluding hydrogens is 311 g/mol. The Balaban J connectivity index is 0.00000176. The lowest BCUT2D eigenvalue weighted by Gasteiger charge is -2.36. The third-order valence-electron chi connectivity index (χ3n) is 3.85. The number of morpholine rings is 2. The van der Waals surface area contributed by atoms with Gasteiger partial charge in [0.05, 0.1) is 26.4 Å². The van der Waals surface area contributed by atoms with Crippen LogP contribution in [0.5, 0.6) is 0 Å². The molecule has 1 amide bonds. The second-order valence-corrected chi connectivity index (χ2v) is 5.25. The molecule has 0 radical (unpaired) electrons. The fourth-order valence-corrected chi connectivity index (χ4v) is 2.72. The van der Waals surface area contributed by atoms with E-state index in [2.05, 4.69) is 5.32 Å². The average Bonchev–Trinajstić information content (AvgIpc) is 2.55. The van der Waals surface area contributed by atoms with Crippen LogP contribution in [0.2, 0.25) is 0 Å². The first-order valence-electron chi connectivity index (χ1n) is 7.21. The van der Waals surface area contributed by atoms with E-state index in [1.807, 2.05) is 0 Å². The van der Waals surface area contributed by atoms with Crippen molar-refractivity contribution in [2.24, 2.45) is 0 Å². The van der Waals surface area contributed by atoms with E-state index in [1.165, 1.54) is 6.07 Å². The van der Waals surface area contributed by atoms with E-state index in [0.717, 1.165) is 0 Å². The van der Waals surface area contributed by atoms with E-state index in [1.54, 1.807) is 23.1 Å². The molecule has 0 saturated carbocycles. The molecule has 1 aromatic carbocycles. The van der Waals surface area contributed by atoms with Crippen molar-refractivity contribution >= 4 is 18.3 Å². The molecule has 2 heterocycles. The van der Waals surface area contributed by atoms with E-state index >= 15 is 0 Å². The number of benzene rings is 1. The average molecular weight is 331 g/mol. The van der Waals surface area contributed by atoms with Crippen LogP contribution in [0.3, 0.4) is 0 Å². The van der Waals surface area contributed by atoms with Gasteiger partial charge in [0.2, 0.25) is 5.91 Å². The lowest BCUT2D eigenvalue weighted by Crippen LogP contribution is -2.55. The zero-order valence-electron chi connectivity index (χ0n) is 12.2. The van der Waals surface area contributed by atoms with Crippen molar-refractivity contribution in [3.63, 3.8) is 0 Å². The first-order chi connectivity index (χ1) is 10.3. The molecule has 1 aromatic rings. The van der Waals surface area contributed by atoms with Crippen molar-refractivity contribution in [3.8, 4) is 0 Å². The van der Waals surface area contributed by atoms with Gasteiger partial charge in [0.1, 0.15) is 18.0 Å². The summed E-state index contributed by atoms with van der Waals surface area (Å²) in [4.78, 5) is 14.2. The topological polar surface area (TPSA) is 50.8 Å². The molecule has 0 bridgehead atoms. The summed E-state index contributed by atoms with van der Waals surface area (Å²) in [7, 11) is 0. The Labute approximate surface area is 135 Å². The van der Waals surface area contributed by atoms with Gasteiger partial charge in [-0.05, 0) is 6.07 Å². The molecule has 0 aliphatic carbocycles. The summed E-state index contributed by atoms with van der Waals surface area (Å²) >= 11 is 0. The summed E-state index contributed by atoms with van der Waals surface area (Å²) in [5.41, 5.74) is 0.503. The number of nitrogens with zero attached hydrogens (tertiary/aromatic N) is 1. The number of carbonyl (C=O) groups is 1. The molecule has 2 unspecified atom stereocenters. The van der Waals surface area contributed by atoms with Gasteiger partial charge in [-0.3, -0.25) is 4.79 Å². The zero-order valence-corrected chi connectivity index (χ0v) is 13.0. The van der Waals surface area contributed by atoms with Crippen LogP contribution in [0.4, 0.5) is 4.39 Å². The normalized spacial score (nSPS) is 25.4. The minimum atomic E-state index is -0.409. The van der Waals surface area contributed by atoms with Gasteiger partial charge in [0.25, 0.3) is 0 Å².